The fourth-order valence-corrected chi connectivity index (χ4v) is 1.67. The SMILES string of the molecule is CCCNC(=O)c1cccc(NCC(=O)NC(C)C)c1. The molecule has 0 aliphatic heterocycles. The van der Waals surface area contributed by atoms with E-state index >= 15 is 0 Å². The number of amides is 2. The number of nitrogens with one attached hydrogen (secondary N) is 3. The minimum Gasteiger partial charge on any atom is -0.376 e. The van der Waals surface area contributed by atoms with E-state index in [1.54, 1.807) is 18.2 Å². The summed E-state index contributed by atoms with van der Waals surface area (Å²) in [6.07, 6.45) is 0.902. The molecule has 1 aromatic carbocycles. The molecule has 0 fully saturated rings. The van der Waals surface area contributed by atoms with Crippen LogP contribution < -0.4 is 16.0 Å². The Hall–Kier alpha value is -2.04. The van der Waals surface area contributed by atoms with Crippen LogP contribution in [0.2, 0.25) is 0 Å². The summed E-state index contributed by atoms with van der Waals surface area (Å²) in [4.78, 5) is 23.4. The van der Waals surface area contributed by atoms with E-state index in [0.717, 1.165) is 12.1 Å². The summed E-state index contributed by atoms with van der Waals surface area (Å²) in [6.45, 7) is 6.68. The maximum absolute atomic E-state index is 11.8. The maximum Gasteiger partial charge on any atom is 0.251 e. The Kier molecular flexibility index (Phi) is 6.56. The Labute approximate surface area is 120 Å². The van der Waals surface area contributed by atoms with Crippen LogP contribution in [0, 0.1) is 0 Å². The summed E-state index contributed by atoms with van der Waals surface area (Å²) in [5.74, 6) is -0.164. The third kappa shape index (κ3) is 5.73. The van der Waals surface area contributed by atoms with Gasteiger partial charge in [-0.05, 0) is 38.5 Å². The summed E-state index contributed by atoms with van der Waals surface area (Å²) in [5, 5.41) is 8.63. The van der Waals surface area contributed by atoms with E-state index < -0.39 is 0 Å². The van der Waals surface area contributed by atoms with Crippen molar-refractivity contribution >= 4 is 17.5 Å². The summed E-state index contributed by atoms with van der Waals surface area (Å²) < 4.78 is 0. The maximum atomic E-state index is 11.8. The van der Waals surface area contributed by atoms with E-state index in [9.17, 15) is 9.59 Å². The van der Waals surface area contributed by atoms with Gasteiger partial charge in [-0.1, -0.05) is 13.0 Å². The molecule has 0 saturated carbocycles. The molecule has 0 aliphatic rings. The highest BCUT2D eigenvalue weighted by atomic mass is 16.2. The van der Waals surface area contributed by atoms with Gasteiger partial charge in [0.1, 0.15) is 0 Å². The second-order valence-corrected chi connectivity index (χ2v) is 4.91. The van der Waals surface area contributed by atoms with Crippen molar-refractivity contribution in [3.8, 4) is 0 Å². The van der Waals surface area contributed by atoms with Crippen LogP contribution in [0.25, 0.3) is 0 Å². The van der Waals surface area contributed by atoms with Gasteiger partial charge in [0.25, 0.3) is 5.91 Å². The molecule has 5 heteroatoms. The van der Waals surface area contributed by atoms with Crippen LogP contribution in [0.1, 0.15) is 37.6 Å². The third-order valence-corrected chi connectivity index (χ3v) is 2.56. The number of benzene rings is 1. The van der Waals surface area contributed by atoms with Crippen molar-refractivity contribution in [1.29, 1.82) is 0 Å². The van der Waals surface area contributed by atoms with Crippen molar-refractivity contribution < 1.29 is 9.59 Å². The fourth-order valence-electron chi connectivity index (χ4n) is 1.67. The normalized spacial score (nSPS) is 10.2. The topological polar surface area (TPSA) is 70.2 Å². The molecule has 0 spiro atoms. The molecule has 20 heavy (non-hydrogen) atoms. The molecule has 5 nitrogen and oxygen atoms in total. The molecule has 0 radical (unpaired) electrons. The Balaban J connectivity index is 2.55. The van der Waals surface area contributed by atoms with Crippen molar-refractivity contribution in [2.24, 2.45) is 0 Å². The largest absolute Gasteiger partial charge is 0.376 e. The molecule has 1 aromatic rings. The fraction of sp³-hybridized carbons (Fsp3) is 0.467. The Morgan fingerprint density at radius 3 is 2.65 bits per heavy atom. The lowest BCUT2D eigenvalue weighted by molar-refractivity contribution is -0.119. The van der Waals surface area contributed by atoms with Crippen molar-refractivity contribution in [1.82, 2.24) is 10.6 Å². The van der Waals surface area contributed by atoms with E-state index in [0.29, 0.717) is 12.1 Å². The van der Waals surface area contributed by atoms with Gasteiger partial charge in [-0.2, -0.15) is 0 Å². The second-order valence-electron chi connectivity index (χ2n) is 4.91. The van der Waals surface area contributed by atoms with E-state index in [2.05, 4.69) is 16.0 Å². The van der Waals surface area contributed by atoms with Gasteiger partial charge in [0, 0.05) is 23.8 Å². The van der Waals surface area contributed by atoms with Gasteiger partial charge in [0.2, 0.25) is 5.91 Å². The predicted molar refractivity (Wildman–Crippen MR) is 80.8 cm³/mol. The third-order valence-electron chi connectivity index (χ3n) is 2.56. The van der Waals surface area contributed by atoms with Gasteiger partial charge < -0.3 is 16.0 Å². The van der Waals surface area contributed by atoms with Crippen LogP contribution >= 0.6 is 0 Å². The smallest absolute Gasteiger partial charge is 0.251 e. The van der Waals surface area contributed by atoms with E-state index in [1.807, 2.05) is 26.8 Å². The number of hydrogen-bond donors (Lipinski definition) is 3. The molecule has 0 unspecified atom stereocenters. The van der Waals surface area contributed by atoms with Crippen LogP contribution in [-0.4, -0.2) is 30.9 Å². The highest BCUT2D eigenvalue weighted by Gasteiger charge is 2.06. The first-order valence-electron chi connectivity index (χ1n) is 6.94. The minimum atomic E-state index is -0.0952. The molecule has 0 atom stereocenters. The zero-order valence-corrected chi connectivity index (χ0v) is 12.3. The van der Waals surface area contributed by atoms with Crippen LogP contribution in [0.3, 0.4) is 0 Å². The first-order chi connectivity index (χ1) is 9.52. The minimum absolute atomic E-state index is 0.0687. The average molecular weight is 277 g/mol. The molecular formula is C15H23N3O2. The second kappa shape index (κ2) is 8.19. The summed E-state index contributed by atoms with van der Waals surface area (Å²) >= 11 is 0. The quantitative estimate of drug-likeness (QED) is 0.711. The van der Waals surface area contributed by atoms with E-state index in [1.165, 1.54) is 0 Å². The Bertz CT molecular complexity index is 458. The first kappa shape index (κ1) is 16.0. The van der Waals surface area contributed by atoms with Crippen molar-refractivity contribution in [2.75, 3.05) is 18.4 Å². The van der Waals surface area contributed by atoms with Gasteiger partial charge in [0.05, 0.1) is 6.54 Å². The van der Waals surface area contributed by atoms with Crippen LogP contribution in [0.15, 0.2) is 24.3 Å². The van der Waals surface area contributed by atoms with Gasteiger partial charge in [0.15, 0.2) is 0 Å². The molecule has 110 valence electrons. The van der Waals surface area contributed by atoms with E-state index in [-0.39, 0.29) is 24.4 Å². The molecule has 0 bridgehead atoms. The lowest BCUT2D eigenvalue weighted by atomic mass is 10.2. The molecule has 0 aliphatic carbocycles. The molecule has 0 aromatic heterocycles. The van der Waals surface area contributed by atoms with Crippen LogP contribution in [0.4, 0.5) is 5.69 Å². The molecule has 1 rings (SSSR count). The molecule has 0 heterocycles. The van der Waals surface area contributed by atoms with Crippen LogP contribution in [0.5, 0.6) is 0 Å². The number of carbonyl (C=O) groups excluding carboxylic acids is 2. The van der Waals surface area contributed by atoms with Gasteiger partial charge >= 0.3 is 0 Å². The average Bonchev–Trinajstić information content (AvgIpc) is 2.42. The molecule has 3 N–H and O–H groups in total. The van der Waals surface area contributed by atoms with Crippen LogP contribution in [-0.2, 0) is 4.79 Å². The van der Waals surface area contributed by atoms with Gasteiger partial charge in [-0.15, -0.1) is 0 Å². The Morgan fingerprint density at radius 1 is 1.25 bits per heavy atom. The Morgan fingerprint density at radius 2 is 2.00 bits per heavy atom. The zero-order valence-electron chi connectivity index (χ0n) is 12.3. The first-order valence-corrected chi connectivity index (χ1v) is 6.94. The predicted octanol–water partition coefficient (Wildman–Crippen LogP) is 1.76. The number of rotatable bonds is 7. The number of anilines is 1. The summed E-state index contributed by atoms with van der Waals surface area (Å²) in [5.41, 5.74) is 1.35. The van der Waals surface area contributed by atoms with E-state index in [4.69, 9.17) is 0 Å². The number of carbonyl (C=O) groups is 2. The molecule has 2 amide bonds. The van der Waals surface area contributed by atoms with Crippen molar-refractivity contribution in [3.05, 3.63) is 29.8 Å². The van der Waals surface area contributed by atoms with Crippen molar-refractivity contribution in [3.63, 3.8) is 0 Å². The lowest BCUT2D eigenvalue weighted by Gasteiger charge is -2.11. The number of hydrogen-bond acceptors (Lipinski definition) is 3. The van der Waals surface area contributed by atoms with Gasteiger partial charge in [-0.3, -0.25) is 9.59 Å². The summed E-state index contributed by atoms with van der Waals surface area (Å²) in [7, 11) is 0. The highest BCUT2D eigenvalue weighted by Crippen LogP contribution is 2.10. The highest BCUT2D eigenvalue weighted by molar-refractivity contribution is 5.95. The zero-order chi connectivity index (χ0) is 15.0. The van der Waals surface area contributed by atoms with Gasteiger partial charge in [-0.25, -0.2) is 0 Å². The summed E-state index contributed by atoms with van der Waals surface area (Å²) in [6, 6.07) is 7.25. The lowest BCUT2D eigenvalue weighted by Crippen LogP contribution is -2.34. The van der Waals surface area contributed by atoms with Crippen molar-refractivity contribution in [2.45, 2.75) is 33.2 Å². The standard InChI is InChI=1S/C15H23N3O2/c1-4-8-16-15(20)12-6-5-7-13(9-12)17-10-14(19)18-11(2)3/h5-7,9,11,17H,4,8,10H2,1-3H3,(H,16,20)(H,18,19). The monoisotopic (exact) mass is 277 g/mol. The molecular weight excluding hydrogens is 254 g/mol. The molecule has 0 saturated heterocycles.